The number of rotatable bonds is 5. The summed E-state index contributed by atoms with van der Waals surface area (Å²) < 4.78 is 0. The molecule has 0 aliphatic rings. The van der Waals surface area contributed by atoms with Gasteiger partial charge in [-0.25, -0.2) is 0 Å². The van der Waals surface area contributed by atoms with E-state index in [1.807, 2.05) is 0 Å². The minimum absolute atomic E-state index is 1.22. The van der Waals surface area contributed by atoms with Crippen LogP contribution in [0.15, 0.2) is 182 Å². The van der Waals surface area contributed by atoms with Gasteiger partial charge in [-0.15, -0.1) is 0 Å². The van der Waals surface area contributed by atoms with Crippen molar-refractivity contribution in [1.82, 2.24) is 0 Å². The molecule has 0 aromatic heterocycles. The van der Waals surface area contributed by atoms with E-state index in [1.165, 1.54) is 77.2 Å². The van der Waals surface area contributed by atoms with Gasteiger partial charge in [0, 0.05) is 0 Å². The molecule has 8 aromatic rings. The summed E-state index contributed by atoms with van der Waals surface area (Å²) in [4.78, 5) is 0. The van der Waals surface area contributed by atoms with Crippen LogP contribution in [0.1, 0.15) is 0 Å². The molecule has 0 amide bonds. The van der Waals surface area contributed by atoms with E-state index >= 15 is 0 Å². The molecule has 0 N–H and O–H groups in total. The molecular formula is C44H30. The summed E-state index contributed by atoms with van der Waals surface area (Å²) >= 11 is 0. The summed E-state index contributed by atoms with van der Waals surface area (Å²) in [6.07, 6.45) is 0. The fourth-order valence-corrected chi connectivity index (χ4v) is 6.75. The fraction of sp³-hybridized carbons (Fsp3) is 0. The molecule has 0 saturated heterocycles. The second-order valence-corrected chi connectivity index (χ2v) is 11.2. The van der Waals surface area contributed by atoms with Crippen LogP contribution in [0.4, 0.5) is 0 Å². The Kier molecular flexibility index (Phi) is 6.59. The van der Waals surface area contributed by atoms with Crippen LogP contribution in [0.5, 0.6) is 0 Å². The van der Waals surface area contributed by atoms with Crippen molar-refractivity contribution in [3.63, 3.8) is 0 Å². The van der Waals surface area contributed by atoms with E-state index in [-0.39, 0.29) is 0 Å². The molecule has 206 valence electrons. The Balaban J connectivity index is 1.47. The van der Waals surface area contributed by atoms with E-state index in [4.69, 9.17) is 0 Å². The molecule has 0 heteroatoms. The predicted octanol–water partition coefficient (Wildman–Crippen LogP) is 12.3. The molecule has 0 atom stereocenters. The maximum absolute atomic E-state index is 2.34. The molecule has 8 rings (SSSR count). The van der Waals surface area contributed by atoms with E-state index in [0.717, 1.165) is 0 Å². The normalized spacial score (nSPS) is 11.2. The highest BCUT2D eigenvalue weighted by Crippen LogP contribution is 2.48. The maximum atomic E-state index is 2.34. The molecular weight excluding hydrogens is 528 g/mol. The van der Waals surface area contributed by atoms with Crippen LogP contribution in [0.25, 0.3) is 77.2 Å². The van der Waals surface area contributed by atoms with Gasteiger partial charge in [0.1, 0.15) is 0 Å². The second kappa shape index (κ2) is 11.2. The lowest BCUT2D eigenvalue weighted by Gasteiger charge is -2.21. The average molecular weight is 559 g/mol. The fourth-order valence-electron chi connectivity index (χ4n) is 6.75. The SMILES string of the molecule is c1ccc(-c2cccc(-c3c4ccccc4c(-c4cccc(-c5ccccc5)c4-c4ccccc4)c4ccccc34)c2)cc1. The summed E-state index contributed by atoms with van der Waals surface area (Å²) in [5, 5.41) is 5.04. The molecule has 0 unspecified atom stereocenters. The Morgan fingerprint density at radius 2 is 0.614 bits per heavy atom. The van der Waals surface area contributed by atoms with Crippen LogP contribution in [0.2, 0.25) is 0 Å². The third-order valence-corrected chi connectivity index (χ3v) is 8.67. The topological polar surface area (TPSA) is 0 Å². The predicted molar refractivity (Wildman–Crippen MR) is 189 cm³/mol. The molecule has 0 heterocycles. The van der Waals surface area contributed by atoms with Crippen molar-refractivity contribution >= 4 is 21.5 Å². The molecule has 0 bridgehead atoms. The Labute approximate surface area is 258 Å². The molecule has 0 saturated carbocycles. The highest BCUT2D eigenvalue weighted by Gasteiger charge is 2.21. The summed E-state index contributed by atoms with van der Waals surface area (Å²) in [7, 11) is 0. The van der Waals surface area contributed by atoms with E-state index in [2.05, 4.69) is 182 Å². The minimum Gasteiger partial charge on any atom is -0.0622 e. The number of fused-ring (bicyclic) bond motifs is 2. The van der Waals surface area contributed by atoms with Gasteiger partial charge in [0.2, 0.25) is 0 Å². The first kappa shape index (κ1) is 25.9. The van der Waals surface area contributed by atoms with Gasteiger partial charge in [0.25, 0.3) is 0 Å². The molecule has 44 heavy (non-hydrogen) atoms. The van der Waals surface area contributed by atoms with Crippen molar-refractivity contribution in [2.75, 3.05) is 0 Å². The van der Waals surface area contributed by atoms with Crippen molar-refractivity contribution in [1.29, 1.82) is 0 Å². The lowest BCUT2D eigenvalue weighted by Crippen LogP contribution is -1.94. The molecule has 0 radical (unpaired) electrons. The number of hydrogen-bond donors (Lipinski definition) is 0. The second-order valence-electron chi connectivity index (χ2n) is 11.2. The van der Waals surface area contributed by atoms with Crippen LogP contribution < -0.4 is 0 Å². The van der Waals surface area contributed by atoms with Crippen LogP contribution >= 0.6 is 0 Å². The number of hydrogen-bond acceptors (Lipinski definition) is 0. The highest BCUT2D eigenvalue weighted by molar-refractivity contribution is 6.23. The Morgan fingerprint density at radius 1 is 0.205 bits per heavy atom. The third-order valence-electron chi connectivity index (χ3n) is 8.67. The first-order chi connectivity index (χ1) is 21.9. The summed E-state index contributed by atoms with van der Waals surface area (Å²) in [6.45, 7) is 0. The van der Waals surface area contributed by atoms with Gasteiger partial charge in [-0.2, -0.15) is 0 Å². The minimum atomic E-state index is 1.22. The molecule has 0 aliphatic heterocycles. The van der Waals surface area contributed by atoms with Gasteiger partial charge >= 0.3 is 0 Å². The standard InChI is InChI=1S/C44H30/c1-4-16-31(17-5-1)34-22-14-23-35(30-34)43-37-24-10-12-26-39(37)44(40-27-13-11-25-38(40)43)41-29-15-28-36(32-18-6-2-7-19-32)42(41)33-20-8-3-9-21-33/h1-30H. The van der Waals surface area contributed by atoms with Crippen LogP contribution in [0, 0.1) is 0 Å². The first-order valence-corrected chi connectivity index (χ1v) is 15.2. The highest BCUT2D eigenvalue weighted by atomic mass is 14.2. The van der Waals surface area contributed by atoms with Crippen molar-refractivity contribution in [3.05, 3.63) is 182 Å². The molecule has 0 fully saturated rings. The van der Waals surface area contributed by atoms with Crippen LogP contribution in [-0.4, -0.2) is 0 Å². The molecule has 0 aliphatic carbocycles. The zero-order valence-corrected chi connectivity index (χ0v) is 24.3. The summed E-state index contributed by atoms with van der Waals surface area (Å²) in [6, 6.07) is 65.9. The van der Waals surface area contributed by atoms with Gasteiger partial charge in [0.05, 0.1) is 0 Å². The van der Waals surface area contributed by atoms with Gasteiger partial charge in [-0.1, -0.05) is 176 Å². The van der Waals surface area contributed by atoms with Crippen molar-refractivity contribution < 1.29 is 0 Å². The largest absolute Gasteiger partial charge is 0.0622 e. The van der Waals surface area contributed by atoms with E-state index < -0.39 is 0 Å². The quantitative estimate of drug-likeness (QED) is 0.184. The summed E-state index contributed by atoms with van der Waals surface area (Å²) in [5.74, 6) is 0. The first-order valence-electron chi connectivity index (χ1n) is 15.2. The van der Waals surface area contributed by atoms with E-state index in [1.54, 1.807) is 0 Å². The lowest BCUT2D eigenvalue weighted by molar-refractivity contribution is 1.57. The zero-order valence-electron chi connectivity index (χ0n) is 24.3. The zero-order chi connectivity index (χ0) is 29.3. The van der Waals surface area contributed by atoms with Gasteiger partial charge in [0.15, 0.2) is 0 Å². The summed E-state index contributed by atoms with van der Waals surface area (Å²) in [5.41, 5.74) is 12.4. The van der Waals surface area contributed by atoms with Crippen molar-refractivity contribution in [2.45, 2.75) is 0 Å². The molecule has 0 nitrogen and oxygen atoms in total. The Bertz CT molecular complexity index is 2190. The number of benzene rings is 8. The Morgan fingerprint density at radius 3 is 1.20 bits per heavy atom. The molecule has 0 spiro atoms. The maximum Gasteiger partial charge on any atom is -0.00199 e. The monoisotopic (exact) mass is 558 g/mol. The van der Waals surface area contributed by atoms with E-state index in [9.17, 15) is 0 Å². The smallest absolute Gasteiger partial charge is 0.00199 e. The van der Waals surface area contributed by atoms with Gasteiger partial charge < -0.3 is 0 Å². The van der Waals surface area contributed by atoms with Crippen LogP contribution in [-0.2, 0) is 0 Å². The van der Waals surface area contributed by atoms with Crippen LogP contribution in [0.3, 0.4) is 0 Å². The van der Waals surface area contributed by atoms with Crippen molar-refractivity contribution in [2.24, 2.45) is 0 Å². The molecule has 8 aromatic carbocycles. The average Bonchev–Trinajstić information content (AvgIpc) is 3.11. The lowest BCUT2D eigenvalue weighted by atomic mass is 9.81. The van der Waals surface area contributed by atoms with E-state index in [0.29, 0.717) is 0 Å². The van der Waals surface area contributed by atoms with Gasteiger partial charge in [-0.05, 0) is 83.2 Å². The third kappa shape index (κ3) is 4.49. The van der Waals surface area contributed by atoms with Gasteiger partial charge in [-0.3, -0.25) is 0 Å². The Hall–Kier alpha value is -5.72. The van der Waals surface area contributed by atoms with Crippen molar-refractivity contribution in [3.8, 4) is 55.6 Å².